The average Bonchev–Trinajstić information content (AvgIpc) is 2.66. The predicted octanol–water partition coefficient (Wildman–Crippen LogP) is 7.69. The van der Waals surface area contributed by atoms with E-state index >= 15 is 0 Å². The highest BCUT2D eigenvalue weighted by molar-refractivity contribution is 5.73. The Morgan fingerprint density at radius 1 is 0.655 bits per heavy atom. The molecule has 5 heteroatoms. The van der Waals surface area contributed by atoms with Gasteiger partial charge in [0.05, 0.1) is 0 Å². The van der Waals surface area contributed by atoms with Crippen molar-refractivity contribution < 1.29 is 22.0 Å². The SMILES string of the molecule is Cc1ccc(-c2ccc(/C=C/c3cc(F)c(/C=C/C(F)(F)F)c(F)c3)cc2)cc1. The van der Waals surface area contributed by atoms with E-state index in [1.165, 1.54) is 11.6 Å². The lowest BCUT2D eigenvalue weighted by Gasteiger charge is -2.04. The monoisotopic (exact) mass is 400 g/mol. The molecule has 3 aromatic rings. The van der Waals surface area contributed by atoms with Crippen LogP contribution in [0.15, 0.2) is 66.7 Å². The molecule has 0 spiro atoms. The van der Waals surface area contributed by atoms with Crippen molar-refractivity contribution in [2.75, 3.05) is 0 Å². The molecule has 0 unspecified atom stereocenters. The van der Waals surface area contributed by atoms with Crippen molar-refractivity contribution in [1.29, 1.82) is 0 Å². The fraction of sp³-hybridized carbons (Fsp3) is 0.0833. The third-order valence-corrected chi connectivity index (χ3v) is 4.30. The van der Waals surface area contributed by atoms with Gasteiger partial charge < -0.3 is 0 Å². The minimum absolute atomic E-state index is 0.195. The summed E-state index contributed by atoms with van der Waals surface area (Å²) in [5, 5.41) is 0. The van der Waals surface area contributed by atoms with Crippen molar-refractivity contribution in [2.45, 2.75) is 13.1 Å². The molecule has 0 fully saturated rings. The topological polar surface area (TPSA) is 0 Å². The first-order valence-electron chi connectivity index (χ1n) is 8.81. The summed E-state index contributed by atoms with van der Waals surface area (Å²) in [6.45, 7) is 2.02. The predicted molar refractivity (Wildman–Crippen MR) is 107 cm³/mol. The van der Waals surface area contributed by atoms with E-state index in [1.54, 1.807) is 6.08 Å². The Morgan fingerprint density at radius 3 is 1.66 bits per heavy atom. The zero-order chi connectivity index (χ0) is 21.0. The quantitative estimate of drug-likeness (QED) is 0.311. The van der Waals surface area contributed by atoms with Crippen LogP contribution in [0.4, 0.5) is 22.0 Å². The molecule has 0 aliphatic rings. The molecule has 29 heavy (non-hydrogen) atoms. The number of allylic oxidation sites excluding steroid dienone is 1. The zero-order valence-electron chi connectivity index (χ0n) is 15.5. The van der Waals surface area contributed by atoms with Crippen molar-refractivity contribution in [2.24, 2.45) is 0 Å². The zero-order valence-corrected chi connectivity index (χ0v) is 15.5. The second-order valence-corrected chi connectivity index (χ2v) is 6.59. The summed E-state index contributed by atoms with van der Waals surface area (Å²) in [5.41, 5.74) is 3.61. The summed E-state index contributed by atoms with van der Waals surface area (Å²) < 4.78 is 64.6. The molecule has 0 heterocycles. The van der Waals surface area contributed by atoms with E-state index in [4.69, 9.17) is 0 Å². The van der Waals surface area contributed by atoms with Gasteiger partial charge in [0.15, 0.2) is 0 Å². The van der Waals surface area contributed by atoms with Crippen LogP contribution in [0.5, 0.6) is 0 Å². The van der Waals surface area contributed by atoms with Crippen molar-refractivity contribution >= 4 is 18.2 Å². The summed E-state index contributed by atoms with van der Waals surface area (Å²) >= 11 is 0. The molecule has 0 bridgehead atoms. The molecule has 0 amide bonds. The molecule has 3 aromatic carbocycles. The maximum Gasteiger partial charge on any atom is 0.409 e. The number of halogens is 5. The van der Waals surface area contributed by atoms with Crippen LogP contribution >= 0.6 is 0 Å². The highest BCUT2D eigenvalue weighted by Gasteiger charge is 2.22. The Kier molecular flexibility index (Phi) is 5.97. The van der Waals surface area contributed by atoms with Crippen molar-refractivity contribution in [3.8, 4) is 11.1 Å². The highest BCUT2D eigenvalue weighted by atomic mass is 19.4. The Balaban J connectivity index is 1.77. The first-order chi connectivity index (χ1) is 13.7. The smallest absolute Gasteiger partial charge is 0.206 e. The van der Waals surface area contributed by atoms with E-state index in [0.717, 1.165) is 28.8 Å². The molecular weight excluding hydrogens is 383 g/mol. The highest BCUT2D eigenvalue weighted by Crippen LogP contribution is 2.24. The van der Waals surface area contributed by atoms with Crippen LogP contribution in [0.3, 0.4) is 0 Å². The molecule has 0 aliphatic heterocycles. The van der Waals surface area contributed by atoms with Gasteiger partial charge in [0.25, 0.3) is 0 Å². The standard InChI is InChI=1S/C24H17F5/c1-16-2-8-19(9-3-16)20-10-6-17(7-11-20)4-5-18-14-22(25)21(23(26)15-18)12-13-24(27,28)29/h2-15H,1H3/b5-4+,13-12+. The largest absolute Gasteiger partial charge is 0.409 e. The molecule has 0 radical (unpaired) electrons. The van der Waals surface area contributed by atoms with Gasteiger partial charge in [0, 0.05) is 11.6 Å². The molecule has 0 atom stereocenters. The fourth-order valence-corrected chi connectivity index (χ4v) is 2.76. The van der Waals surface area contributed by atoms with Crippen molar-refractivity contribution in [3.05, 3.63) is 101 Å². The van der Waals surface area contributed by atoms with Crippen LogP contribution < -0.4 is 0 Å². The minimum atomic E-state index is -4.64. The van der Waals surface area contributed by atoms with E-state index < -0.39 is 23.4 Å². The molecule has 0 nitrogen and oxygen atoms in total. The normalized spacial score (nSPS) is 12.2. The number of rotatable bonds is 4. The van der Waals surface area contributed by atoms with Gasteiger partial charge in [-0.1, -0.05) is 66.2 Å². The second-order valence-electron chi connectivity index (χ2n) is 6.59. The van der Waals surface area contributed by atoms with Crippen LogP contribution in [0.2, 0.25) is 0 Å². The van der Waals surface area contributed by atoms with E-state index in [1.807, 2.05) is 55.5 Å². The van der Waals surface area contributed by atoms with Gasteiger partial charge in [-0.2, -0.15) is 13.2 Å². The van der Waals surface area contributed by atoms with Crippen molar-refractivity contribution in [3.63, 3.8) is 0 Å². The third-order valence-electron chi connectivity index (χ3n) is 4.30. The fourth-order valence-electron chi connectivity index (χ4n) is 2.76. The molecular formula is C24H17F5. The Hall–Kier alpha value is -3.21. The lowest BCUT2D eigenvalue weighted by Crippen LogP contribution is -2.01. The van der Waals surface area contributed by atoms with Gasteiger partial charge in [-0.15, -0.1) is 0 Å². The summed E-state index contributed by atoms with van der Waals surface area (Å²) in [4.78, 5) is 0. The summed E-state index contributed by atoms with van der Waals surface area (Å²) in [6, 6.07) is 17.7. The van der Waals surface area contributed by atoms with Gasteiger partial charge in [-0.05, 0) is 47.4 Å². The Morgan fingerprint density at radius 2 is 1.14 bits per heavy atom. The van der Waals surface area contributed by atoms with Crippen LogP contribution in [0.1, 0.15) is 22.3 Å². The molecule has 3 rings (SSSR count). The molecule has 0 N–H and O–H groups in total. The molecule has 148 valence electrons. The first kappa shape index (κ1) is 20.5. The minimum Gasteiger partial charge on any atom is -0.206 e. The van der Waals surface area contributed by atoms with E-state index in [2.05, 4.69) is 0 Å². The third kappa shape index (κ3) is 5.64. The summed E-state index contributed by atoms with van der Waals surface area (Å²) in [6.07, 6.45) is -1.26. The number of benzene rings is 3. The van der Waals surface area contributed by atoms with Gasteiger partial charge in [-0.25, -0.2) is 8.78 Å². The number of alkyl halides is 3. The summed E-state index contributed by atoms with van der Waals surface area (Å²) in [5.74, 6) is -2.11. The lowest BCUT2D eigenvalue weighted by atomic mass is 10.0. The van der Waals surface area contributed by atoms with Crippen molar-refractivity contribution in [1.82, 2.24) is 0 Å². The number of hydrogen-bond donors (Lipinski definition) is 0. The molecule has 0 saturated heterocycles. The van der Waals surface area contributed by atoms with Crippen LogP contribution in [-0.2, 0) is 0 Å². The number of aryl methyl sites for hydroxylation is 1. The van der Waals surface area contributed by atoms with Gasteiger partial charge >= 0.3 is 6.18 Å². The lowest BCUT2D eigenvalue weighted by molar-refractivity contribution is -0.0790. The molecule has 0 saturated carbocycles. The molecule has 0 aromatic heterocycles. The van der Waals surface area contributed by atoms with Crippen LogP contribution in [0, 0.1) is 18.6 Å². The Bertz CT molecular complexity index is 1020. The van der Waals surface area contributed by atoms with E-state index in [9.17, 15) is 22.0 Å². The first-order valence-corrected chi connectivity index (χ1v) is 8.81. The van der Waals surface area contributed by atoms with Gasteiger partial charge in [-0.3, -0.25) is 0 Å². The van der Waals surface area contributed by atoms with Crippen LogP contribution in [-0.4, -0.2) is 6.18 Å². The summed E-state index contributed by atoms with van der Waals surface area (Å²) in [7, 11) is 0. The second kappa shape index (κ2) is 8.43. The van der Waals surface area contributed by atoms with E-state index in [-0.39, 0.29) is 11.6 Å². The number of hydrogen-bond acceptors (Lipinski definition) is 0. The Labute approximate surface area is 165 Å². The van der Waals surface area contributed by atoms with E-state index in [0.29, 0.717) is 6.08 Å². The van der Waals surface area contributed by atoms with Gasteiger partial charge in [0.2, 0.25) is 0 Å². The maximum atomic E-state index is 14.0. The average molecular weight is 400 g/mol. The molecule has 0 aliphatic carbocycles. The maximum absolute atomic E-state index is 14.0. The van der Waals surface area contributed by atoms with Gasteiger partial charge in [0.1, 0.15) is 11.6 Å². The van der Waals surface area contributed by atoms with Crippen LogP contribution in [0.25, 0.3) is 29.4 Å².